The molecule has 0 rings (SSSR count). The van der Waals surface area contributed by atoms with Gasteiger partial charge in [-0.3, -0.25) is 14.4 Å². The normalized spacial score (nSPS) is 12.4. The Morgan fingerprint density at radius 2 is 0.456 bits per heavy atom. The molecule has 0 aromatic rings. The molecule has 0 aliphatic carbocycles. The fourth-order valence-electron chi connectivity index (χ4n) is 10.2. The summed E-state index contributed by atoms with van der Waals surface area (Å²) in [5.74, 6) is -0.858. The van der Waals surface area contributed by atoms with Crippen LogP contribution in [0.5, 0.6) is 0 Å². The molecule has 0 aliphatic rings. The Morgan fingerprint density at radius 1 is 0.253 bits per heavy atom. The third-order valence-corrected chi connectivity index (χ3v) is 15.5. The first-order valence-electron chi connectivity index (χ1n) is 34.8. The van der Waals surface area contributed by atoms with Crippen molar-refractivity contribution >= 4 is 17.9 Å². The van der Waals surface area contributed by atoms with Crippen molar-refractivity contribution in [2.45, 2.75) is 374 Å². The molecule has 0 fully saturated rings. The fraction of sp³-hybridized carbons (Fsp3) is 0.822. The predicted molar refractivity (Wildman–Crippen MR) is 344 cm³/mol. The number of hydrogen-bond donors (Lipinski definition) is 0. The van der Waals surface area contributed by atoms with Gasteiger partial charge >= 0.3 is 17.9 Å². The molecule has 0 spiro atoms. The van der Waals surface area contributed by atoms with Crippen molar-refractivity contribution in [3.8, 4) is 0 Å². The van der Waals surface area contributed by atoms with Crippen LogP contribution in [0.3, 0.4) is 0 Å². The Balaban J connectivity index is 4.32. The highest BCUT2D eigenvalue weighted by Crippen LogP contribution is 2.17. The van der Waals surface area contributed by atoms with E-state index < -0.39 is 6.10 Å². The van der Waals surface area contributed by atoms with Crippen LogP contribution in [0.25, 0.3) is 0 Å². The Kier molecular flexibility index (Phi) is 65.1. The lowest BCUT2D eigenvalue weighted by Crippen LogP contribution is -2.30. The van der Waals surface area contributed by atoms with Crippen molar-refractivity contribution < 1.29 is 28.6 Å². The highest BCUT2D eigenvalue weighted by molar-refractivity contribution is 5.71. The minimum absolute atomic E-state index is 0.0732. The highest BCUT2D eigenvalue weighted by Gasteiger charge is 2.19. The lowest BCUT2D eigenvalue weighted by Gasteiger charge is -2.18. The van der Waals surface area contributed by atoms with Gasteiger partial charge in [0.2, 0.25) is 0 Å². The zero-order chi connectivity index (χ0) is 57.1. The van der Waals surface area contributed by atoms with Crippen LogP contribution in [-0.2, 0) is 28.6 Å². The predicted octanol–water partition coefficient (Wildman–Crippen LogP) is 23.9. The van der Waals surface area contributed by atoms with Crippen molar-refractivity contribution in [1.29, 1.82) is 0 Å². The minimum Gasteiger partial charge on any atom is -0.462 e. The van der Waals surface area contributed by atoms with Crippen LogP contribution in [0, 0.1) is 0 Å². The average Bonchev–Trinajstić information content (AvgIpc) is 3.45. The van der Waals surface area contributed by atoms with Crippen molar-refractivity contribution in [1.82, 2.24) is 0 Å². The standard InChI is InChI=1S/C73H132O6/c1-4-7-10-13-16-19-22-25-28-30-32-34-35-36-37-39-40-42-45-48-51-54-57-60-63-66-72(75)78-69-70(68-77-71(74)65-62-59-56-53-50-47-44-27-24-21-18-15-12-9-6-3)79-73(76)67-64-61-58-55-52-49-46-43-41-38-33-31-29-26-23-20-17-14-11-8-5-2/h22-23,25-26,30-33,35-36,70H,4-21,24,27-29,34,37-69H2,1-3H3/b25-22-,26-23-,32-30-,33-31-,36-35-. The third kappa shape index (κ3) is 65.8. The van der Waals surface area contributed by atoms with E-state index in [1.54, 1.807) is 0 Å². The topological polar surface area (TPSA) is 78.9 Å². The summed E-state index contributed by atoms with van der Waals surface area (Å²) < 4.78 is 17.0. The molecular weight excluding hydrogens is 973 g/mol. The minimum atomic E-state index is -0.778. The maximum atomic E-state index is 12.9. The number of esters is 3. The van der Waals surface area contributed by atoms with Crippen LogP contribution >= 0.6 is 0 Å². The smallest absolute Gasteiger partial charge is 0.306 e. The van der Waals surface area contributed by atoms with E-state index in [0.29, 0.717) is 19.3 Å². The van der Waals surface area contributed by atoms with Gasteiger partial charge in [-0.1, -0.05) is 319 Å². The van der Waals surface area contributed by atoms with Crippen molar-refractivity contribution in [2.24, 2.45) is 0 Å². The molecule has 0 aromatic carbocycles. The van der Waals surface area contributed by atoms with E-state index in [1.165, 1.54) is 250 Å². The van der Waals surface area contributed by atoms with E-state index in [9.17, 15) is 14.4 Å². The van der Waals surface area contributed by atoms with Gasteiger partial charge in [0.05, 0.1) is 0 Å². The molecule has 0 aromatic heterocycles. The quantitative estimate of drug-likeness (QED) is 0.0261. The molecule has 6 heteroatoms. The molecule has 1 atom stereocenters. The van der Waals surface area contributed by atoms with Crippen LogP contribution in [0.1, 0.15) is 367 Å². The molecule has 0 saturated heterocycles. The second-order valence-corrected chi connectivity index (χ2v) is 23.4. The third-order valence-electron chi connectivity index (χ3n) is 15.5. The van der Waals surface area contributed by atoms with Gasteiger partial charge in [0, 0.05) is 19.3 Å². The van der Waals surface area contributed by atoms with Gasteiger partial charge in [-0.2, -0.15) is 0 Å². The molecule has 79 heavy (non-hydrogen) atoms. The van der Waals surface area contributed by atoms with Gasteiger partial charge in [0.25, 0.3) is 0 Å². The van der Waals surface area contributed by atoms with Gasteiger partial charge in [0.15, 0.2) is 6.10 Å². The summed E-state index contributed by atoms with van der Waals surface area (Å²) in [6, 6.07) is 0. The molecule has 0 saturated carbocycles. The zero-order valence-corrected chi connectivity index (χ0v) is 52.9. The SMILES string of the molecule is CCCCCCC/C=C\C/C=C\C/C=C\CCCCCCCCCCCCC(=O)OCC(COC(=O)CCCCCCCCCCCCCCCCC)OC(=O)CCCCCCCCCCC/C=C\C/C=C\CCCCCCC. The summed E-state index contributed by atoms with van der Waals surface area (Å²) >= 11 is 0. The van der Waals surface area contributed by atoms with E-state index in [-0.39, 0.29) is 31.1 Å². The lowest BCUT2D eigenvalue weighted by molar-refractivity contribution is -0.167. The molecule has 0 bridgehead atoms. The first kappa shape index (κ1) is 76.1. The van der Waals surface area contributed by atoms with E-state index in [1.807, 2.05) is 0 Å². The number of carbonyl (C=O) groups excluding carboxylic acids is 3. The number of hydrogen-bond acceptors (Lipinski definition) is 6. The molecule has 0 amide bonds. The van der Waals surface area contributed by atoms with E-state index in [4.69, 9.17) is 14.2 Å². The van der Waals surface area contributed by atoms with Crippen LogP contribution in [0.15, 0.2) is 60.8 Å². The number of unbranched alkanes of at least 4 members (excludes halogenated alkanes) is 43. The summed E-state index contributed by atoms with van der Waals surface area (Å²) in [4.78, 5) is 38.4. The number of rotatable bonds is 64. The summed E-state index contributed by atoms with van der Waals surface area (Å²) in [7, 11) is 0. The number of carbonyl (C=O) groups is 3. The largest absolute Gasteiger partial charge is 0.462 e. The van der Waals surface area contributed by atoms with Gasteiger partial charge in [-0.25, -0.2) is 0 Å². The Labute approximate surface area is 491 Å². The highest BCUT2D eigenvalue weighted by atomic mass is 16.6. The number of ether oxygens (including phenoxy) is 3. The molecule has 0 aliphatic heterocycles. The second-order valence-electron chi connectivity index (χ2n) is 23.4. The van der Waals surface area contributed by atoms with Crippen molar-refractivity contribution in [3.63, 3.8) is 0 Å². The molecule has 6 nitrogen and oxygen atoms in total. The fourth-order valence-corrected chi connectivity index (χ4v) is 10.2. The first-order chi connectivity index (χ1) is 39.0. The second kappa shape index (κ2) is 67.6. The van der Waals surface area contributed by atoms with Gasteiger partial charge in [0.1, 0.15) is 13.2 Å². The van der Waals surface area contributed by atoms with Crippen LogP contribution < -0.4 is 0 Å². The van der Waals surface area contributed by atoms with Crippen molar-refractivity contribution in [2.75, 3.05) is 13.2 Å². The molecule has 1 unspecified atom stereocenters. The summed E-state index contributed by atoms with van der Waals surface area (Å²) in [5.41, 5.74) is 0. The number of allylic oxidation sites excluding steroid dienone is 10. The Morgan fingerprint density at radius 3 is 0.709 bits per heavy atom. The van der Waals surface area contributed by atoms with Crippen LogP contribution in [0.4, 0.5) is 0 Å². The van der Waals surface area contributed by atoms with Gasteiger partial charge in [-0.05, 0) is 89.9 Å². The molecule has 460 valence electrons. The zero-order valence-electron chi connectivity index (χ0n) is 52.9. The maximum Gasteiger partial charge on any atom is 0.306 e. The van der Waals surface area contributed by atoms with E-state index in [2.05, 4.69) is 81.5 Å². The molecule has 0 radical (unpaired) electrons. The lowest BCUT2D eigenvalue weighted by atomic mass is 10.0. The van der Waals surface area contributed by atoms with Crippen LogP contribution in [-0.4, -0.2) is 37.2 Å². The summed E-state index contributed by atoms with van der Waals surface area (Å²) in [6.07, 6.45) is 86.6. The van der Waals surface area contributed by atoms with Crippen molar-refractivity contribution in [3.05, 3.63) is 60.8 Å². The summed E-state index contributed by atoms with van der Waals surface area (Å²) in [6.45, 7) is 6.67. The Hall–Kier alpha value is -2.89. The molecule has 0 heterocycles. The van der Waals surface area contributed by atoms with Gasteiger partial charge in [-0.15, -0.1) is 0 Å². The van der Waals surface area contributed by atoms with Gasteiger partial charge < -0.3 is 14.2 Å². The van der Waals surface area contributed by atoms with E-state index in [0.717, 1.165) is 77.0 Å². The Bertz CT molecular complexity index is 1410. The summed E-state index contributed by atoms with van der Waals surface area (Å²) in [5, 5.41) is 0. The molecular formula is C73H132O6. The monoisotopic (exact) mass is 1110 g/mol. The van der Waals surface area contributed by atoms with Crippen LogP contribution in [0.2, 0.25) is 0 Å². The maximum absolute atomic E-state index is 12.9. The first-order valence-corrected chi connectivity index (χ1v) is 34.8. The average molecular weight is 1110 g/mol. The van der Waals surface area contributed by atoms with E-state index >= 15 is 0 Å². The molecule has 0 N–H and O–H groups in total.